The highest BCUT2D eigenvalue weighted by Crippen LogP contribution is 2.27. The summed E-state index contributed by atoms with van der Waals surface area (Å²) in [5.41, 5.74) is 5.78. The lowest BCUT2D eigenvalue weighted by atomic mass is 10.0. The first-order valence-electron chi connectivity index (χ1n) is 10.5. The van der Waals surface area contributed by atoms with Crippen LogP contribution in [0.2, 0.25) is 0 Å². The lowest BCUT2D eigenvalue weighted by Gasteiger charge is -2.12. The minimum absolute atomic E-state index is 0.110. The maximum Gasteiger partial charge on any atom is 0.228 e. The van der Waals surface area contributed by atoms with E-state index in [9.17, 15) is 4.79 Å². The summed E-state index contributed by atoms with van der Waals surface area (Å²) in [7, 11) is 3.18. The number of pyridine rings is 1. The van der Waals surface area contributed by atoms with E-state index in [4.69, 9.17) is 14.5 Å². The van der Waals surface area contributed by atoms with Crippen LogP contribution in [-0.4, -0.2) is 30.1 Å². The van der Waals surface area contributed by atoms with Gasteiger partial charge in [0.05, 0.1) is 31.3 Å². The Balaban J connectivity index is 1.45. The van der Waals surface area contributed by atoms with E-state index in [1.807, 2.05) is 48.7 Å². The molecule has 33 heavy (non-hydrogen) atoms. The monoisotopic (exact) mass is 459 g/mol. The van der Waals surface area contributed by atoms with E-state index < -0.39 is 0 Å². The first-order valence-corrected chi connectivity index (χ1v) is 11.4. The summed E-state index contributed by atoms with van der Waals surface area (Å²) in [6, 6.07) is 15.3. The fraction of sp³-hybridized carbons (Fsp3) is 0.192. The second kappa shape index (κ2) is 10.3. The van der Waals surface area contributed by atoms with Crippen LogP contribution in [0.1, 0.15) is 21.7 Å². The van der Waals surface area contributed by atoms with Crippen LogP contribution in [0, 0.1) is 6.92 Å². The number of methoxy groups -OCH3 is 2. The number of carbonyl (C=O) groups excluding carboxylic acids is 1. The largest absolute Gasteiger partial charge is 0.497 e. The van der Waals surface area contributed by atoms with Crippen molar-refractivity contribution in [3.8, 4) is 22.8 Å². The molecule has 0 unspecified atom stereocenters. The molecule has 0 spiro atoms. The van der Waals surface area contributed by atoms with E-state index in [-0.39, 0.29) is 12.3 Å². The van der Waals surface area contributed by atoms with E-state index in [2.05, 4.69) is 22.6 Å². The highest BCUT2D eigenvalue weighted by Gasteiger charge is 2.12. The van der Waals surface area contributed by atoms with Gasteiger partial charge in [0, 0.05) is 47.1 Å². The van der Waals surface area contributed by atoms with Gasteiger partial charge in [-0.2, -0.15) is 0 Å². The summed E-state index contributed by atoms with van der Waals surface area (Å²) in [6.07, 6.45) is 4.48. The summed E-state index contributed by atoms with van der Waals surface area (Å²) < 4.78 is 10.6. The minimum Gasteiger partial charge on any atom is -0.497 e. The van der Waals surface area contributed by atoms with Gasteiger partial charge in [0.2, 0.25) is 5.91 Å². The molecule has 168 valence electrons. The molecule has 0 fully saturated rings. The Morgan fingerprint density at radius 2 is 1.94 bits per heavy atom. The van der Waals surface area contributed by atoms with Gasteiger partial charge in [0.15, 0.2) is 0 Å². The predicted molar refractivity (Wildman–Crippen MR) is 131 cm³/mol. The number of anilines is 1. The van der Waals surface area contributed by atoms with Gasteiger partial charge in [-0.1, -0.05) is 12.1 Å². The van der Waals surface area contributed by atoms with Crippen molar-refractivity contribution >= 4 is 22.9 Å². The zero-order valence-electron chi connectivity index (χ0n) is 18.8. The Labute approximate surface area is 197 Å². The third kappa shape index (κ3) is 5.56. The summed E-state index contributed by atoms with van der Waals surface area (Å²) in [6.45, 7) is 2.07. The number of thiazole rings is 1. The number of hydrogen-bond acceptors (Lipinski definition) is 6. The summed E-state index contributed by atoms with van der Waals surface area (Å²) in [5, 5.41) is 6.07. The van der Waals surface area contributed by atoms with E-state index >= 15 is 0 Å². The van der Waals surface area contributed by atoms with E-state index in [1.165, 1.54) is 0 Å². The maximum atomic E-state index is 12.7. The molecule has 2 aromatic heterocycles. The van der Waals surface area contributed by atoms with Gasteiger partial charge in [0.25, 0.3) is 0 Å². The molecule has 0 aliphatic heterocycles. The number of carbonyl (C=O) groups is 1. The predicted octanol–water partition coefficient (Wildman–Crippen LogP) is 5.30. The number of aromatic nitrogens is 2. The first kappa shape index (κ1) is 22.5. The van der Waals surface area contributed by atoms with Crippen molar-refractivity contribution in [1.82, 2.24) is 9.97 Å². The van der Waals surface area contributed by atoms with E-state index in [1.54, 1.807) is 37.8 Å². The second-order valence-electron chi connectivity index (χ2n) is 7.59. The zero-order chi connectivity index (χ0) is 23.2. The highest BCUT2D eigenvalue weighted by molar-refractivity contribution is 7.10. The summed E-state index contributed by atoms with van der Waals surface area (Å²) in [5.74, 6) is 1.21. The number of nitrogens with zero attached hydrogens (tertiary/aromatic N) is 2. The normalized spacial score (nSPS) is 10.6. The number of rotatable bonds is 8. The van der Waals surface area contributed by atoms with Crippen LogP contribution in [0.25, 0.3) is 11.3 Å². The molecule has 1 amide bonds. The summed E-state index contributed by atoms with van der Waals surface area (Å²) >= 11 is 1.63. The van der Waals surface area contributed by atoms with Gasteiger partial charge >= 0.3 is 0 Å². The average molecular weight is 460 g/mol. The molecular formula is C26H25N3O3S. The van der Waals surface area contributed by atoms with Crippen molar-refractivity contribution in [2.24, 2.45) is 0 Å². The van der Waals surface area contributed by atoms with Crippen LogP contribution in [0.4, 0.5) is 5.69 Å². The smallest absolute Gasteiger partial charge is 0.228 e. The van der Waals surface area contributed by atoms with Crippen molar-refractivity contribution in [3.05, 3.63) is 88.0 Å². The third-order valence-corrected chi connectivity index (χ3v) is 6.18. The molecule has 1 N–H and O–H groups in total. The highest BCUT2D eigenvalue weighted by atomic mass is 32.1. The lowest BCUT2D eigenvalue weighted by molar-refractivity contribution is -0.115. The Hall–Kier alpha value is -3.71. The standard InChI is InChI=1S/C26H25N3O3S/c1-17-6-8-21(28-25(30)12-18-7-9-22(31-2)14-24(18)32-3)11-20(17)13-26-29-23(16-33-26)19-5-4-10-27-15-19/h4-11,14-16H,12-13H2,1-3H3,(H,28,30). The lowest BCUT2D eigenvalue weighted by Crippen LogP contribution is -2.15. The molecule has 0 atom stereocenters. The van der Waals surface area contributed by atoms with Crippen molar-refractivity contribution < 1.29 is 14.3 Å². The van der Waals surface area contributed by atoms with Crippen molar-refractivity contribution in [2.45, 2.75) is 19.8 Å². The van der Waals surface area contributed by atoms with Crippen molar-refractivity contribution in [1.29, 1.82) is 0 Å². The molecule has 2 aromatic carbocycles. The van der Waals surface area contributed by atoms with E-state index in [0.29, 0.717) is 17.9 Å². The quantitative estimate of drug-likeness (QED) is 0.387. The van der Waals surface area contributed by atoms with Crippen LogP contribution >= 0.6 is 11.3 Å². The summed E-state index contributed by atoms with van der Waals surface area (Å²) in [4.78, 5) is 21.6. The zero-order valence-corrected chi connectivity index (χ0v) is 19.6. The van der Waals surface area contributed by atoms with Gasteiger partial charge in [-0.3, -0.25) is 9.78 Å². The molecule has 0 saturated heterocycles. The van der Waals surface area contributed by atoms with Crippen LogP contribution in [0.3, 0.4) is 0 Å². The van der Waals surface area contributed by atoms with E-state index in [0.717, 1.165) is 38.6 Å². The van der Waals surface area contributed by atoms with Crippen molar-refractivity contribution in [3.63, 3.8) is 0 Å². The van der Waals surface area contributed by atoms with Crippen LogP contribution < -0.4 is 14.8 Å². The Bertz CT molecular complexity index is 1250. The number of ether oxygens (including phenoxy) is 2. The minimum atomic E-state index is -0.110. The number of benzene rings is 2. The fourth-order valence-electron chi connectivity index (χ4n) is 3.52. The van der Waals surface area contributed by atoms with Crippen LogP contribution in [0.15, 0.2) is 66.3 Å². The molecule has 0 radical (unpaired) electrons. The fourth-order valence-corrected chi connectivity index (χ4v) is 4.34. The van der Waals surface area contributed by atoms with Gasteiger partial charge in [-0.25, -0.2) is 4.98 Å². The second-order valence-corrected chi connectivity index (χ2v) is 8.53. The number of hydrogen-bond donors (Lipinski definition) is 1. The molecule has 0 bridgehead atoms. The molecule has 6 nitrogen and oxygen atoms in total. The molecule has 0 aliphatic carbocycles. The molecule has 4 aromatic rings. The molecule has 0 aliphatic rings. The Morgan fingerprint density at radius 1 is 1.06 bits per heavy atom. The van der Waals surface area contributed by atoms with Gasteiger partial charge in [-0.15, -0.1) is 11.3 Å². The van der Waals surface area contributed by atoms with Gasteiger partial charge in [-0.05, 0) is 48.4 Å². The maximum absolute atomic E-state index is 12.7. The topological polar surface area (TPSA) is 73.3 Å². The molecule has 2 heterocycles. The third-order valence-electron chi connectivity index (χ3n) is 5.33. The number of amides is 1. The molecule has 0 saturated carbocycles. The molecule has 4 rings (SSSR count). The first-order chi connectivity index (χ1) is 16.1. The van der Waals surface area contributed by atoms with Crippen molar-refractivity contribution in [2.75, 3.05) is 19.5 Å². The van der Waals surface area contributed by atoms with Crippen LogP contribution in [-0.2, 0) is 17.6 Å². The van der Waals surface area contributed by atoms with Gasteiger partial charge < -0.3 is 14.8 Å². The Morgan fingerprint density at radius 3 is 2.70 bits per heavy atom. The number of nitrogens with one attached hydrogen (secondary N) is 1. The Kier molecular flexibility index (Phi) is 7.00. The SMILES string of the molecule is COc1ccc(CC(=O)Nc2ccc(C)c(Cc3nc(-c4cccnc4)cs3)c2)c(OC)c1. The molecular weight excluding hydrogens is 434 g/mol. The average Bonchev–Trinajstić information content (AvgIpc) is 3.30. The number of aryl methyl sites for hydroxylation is 1. The molecule has 7 heteroatoms. The van der Waals surface area contributed by atoms with Crippen LogP contribution in [0.5, 0.6) is 11.5 Å². The van der Waals surface area contributed by atoms with Gasteiger partial charge in [0.1, 0.15) is 11.5 Å².